The lowest BCUT2D eigenvalue weighted by atomic mass is 9.97. The molecule has 2 aliphatic heterocycles. The van der Waals surface area contributed by atoms with Gasteiger partial charge >= 0.3 is 12.0 Å². The van der Waals surface area contributed by atoms with Gasteiger partial charge in [-0.05, 0) is 76.4 Å². The summed E-state index contributed by atoms with van der Waals surface area (Å²) in [6, 6.07) is 8.37. The summed E-state index contributed by atoms with van der Waals surface area (Å²) in [7, 11) is 1.64. The number of aromatic nitrogens is 2. The number of nitrogen functional groups attached to an aromatic ring is 1. The second-order valence-corrected chi connectivity index (χ2v) is 10.2. The van der Waals surface area contributed by atoms with Crippen molar-refractivity contribution in [3.63, 3.8) is 0 Å². The molecule has 0 radical (unpaired) electrons. The average molecular weight is 557 g/mol. The fourth-order valence-electron chi connectivity index (χ4n) is 4.99. The van der Waals surface area contributed by atoms with E-state index in [0.717, 1.165) is 69.5 Å². The number of unbranched alkanes of at least 4 members (excludes halogenated alkanes) is 2. The Morgan fingerprint density at radius 3 is 2.50 bits per heavy atom. The van der Waals surface area contributed by atoms with Crippen LogP contribution in [0.4, 0.5) is 17.3 Å². The van der Waals surface area contributed by atoms with Gasteiger partial charge in [-0.25, -0.2) is 0 Å². The normalized spacial score (nSPS) is 17.4. The standard InChI is InChI=1S/C29H44N6O5/c1-4-6-18-40-28-32-25(30)24-26(33-28)35(29(31-24)37-3)20-21-9-11-23(12-10-21)39-19-8-7-15-34-16-13-22(14-17-34)27(36)38-5-2/h9-12,22,29,31H,4-8,13-20H2,1-3H3,(H2,30,32,33). The molecule has 11 heteroatoms. The van der Waals surface area contributed by atoms with Gasteiger partial charge < -0.3 is 39.8 Å². The maximum Gasteiger partial charge on any atom is 0.320 e. The number of rotatable bonds is 15. The van der Waals surface area contributed by atoms with Gasteiger partial charge in [0.05, 0.1) is 25.7 Å². The highest BCUT2D eigenvalue weighted by Gasteiger charge is 2.33. The number of benzene rings is 1. The summed E-state index contributed by atoms with van der Waals surface area (Å²) in [5.41, 5.74) is 7.93. The molecule has 2 aromatic rings. The summed E-state index contributed by atoms with van der Waals surface area (Å²) in [6.45, 7) is 9.16. The molecule has 1 aromatic carbocycles. The van der Waals surface area contributed by atoms with Crippen LogP contribution in [0, 0.1) is 5.92 Å². The lowest BCUT2D eigenvalue weighted by Gasteiger charge is -2.30. The molecule has 0 bridgehead atoms. The van der Waals surface area contributed by atoms with Crippen molar-refractivity contribution in [3.05, 3.63) is 29.8 Å². The zero-order valence-corrected chi connectivity index (χ0v) is 24.1. The van der Waals surface area contributed by atoms with Gasteiger partial charge in [0.25, 0.3) is 0 Å². The van der Waals surface area contributed by atoms with Crippen molar-refractivity contribution >= 4 is 23.3 Å². The summed E-state index contributed by atoms with van der Waals surface area (Å²) < 4.78 is 22.5. The molecule has 1 atom stereocenters. The molecule has 1 saturated heterocycles. The van der Waals surface area contributed by atoms with Crippen LogP contribution in [0.2, 0.25) is 0 Å². The molecule has 1 unspecified atom stereocenters. The smallest absolute Gasteiger partial charge is 0.320 e. The molecule has 2 aliphatic rings. The highest BCUT2D eigenvalue weighted by molar-refractivity contribution is 5.81. The summed E-state index contributed by atoms with van der Waals surface area (Å²) in [6.07, 6.45) is 5.36. The molecule has 3 N–H and O–H groups in total. The van der Waals surface area contributed by atoms with E-state index in [-0.39, 0.29) is 17.9 Å². The van der Waals surface area contributed by atoms with Crippen molar-refractivity contribution < 1.29 is 23.7 Å². The van der Waals surface area contributed by atoms with Crippen molar-refractivity contribution in [3.8, 4) is 11.8 Å². The van der Waals surface area contributed by atoms with Crippen LogP contribution < -0.4 is 25.4 Å². The molecule has 0 spiro atoms. The van der Waals surface area contributed by atoms with Crippen molar-refractivity contribution in [2.75, 3.05) is 62.5 Å². The third-order valence-corrected chi connectivity index (χ3v) is 7.29. The molecule has 0 aliphatic carbocycles. The lowest BCUT2D eigenvalue weighted by molar-refractivity contribution is -0.149. The Balaban J connectivity index is 1.22. The molecule has 0 amide bonds. The number of piperidine rings is 1. The topological polar surface area (TPSA) is 124 Å². The molecular formula is C29H44N6O5. The summed E-state index contributed by atoms with van der Waals surface area (Å²) >= 11 is 0. The number of likely N-dealkylation sites (tertiary alicyclic amines) is 1. The molecule has 220 valence electrons. The second kappa shape index (κ2) is 14.9. The number of hydrogen-bond donors (Lipinski definition) is 2. The van der Waals surface area contributed by atoms with Crippen LogP contribution in [0.15, 0.2) is 24.3 Å². The van der Waals surface area contributed by atoms with Crippen molar-refractivity contribution in [1.29, 1.82) is 0 Å². The van der Waals surface area contributed by atoms with Crippen LogP contribution in [0.3, 0.4) is 0 Å². The predicted molar refractivity (Wildman–Crippen MR) is 154 cm³/mol. The molecule has 1 fully saturated rings. The maximum atomic E-state index is 11.9. The van der Waals surface area contributed by atoms with Crippen LogP contribution in [0.25, 0.3) is 0 Å². The third kappa shape index (κ3) is 7.88. The first-order chi connectivity index (χ1) is 19.5. The molecule has 1 aromatic heterocycles. The van der Waals surface area contributed by atoms with E-state index in [9.17, 15) is 4.79 Å². The summed E-state index contributed by atoms with van der Waals surface area (Å²) in [4.78, 5) is 25.2. The average Bonchev–Trinajstić information content (AvgIpc) is 3.32. The van der Waals surface area contributed by atoms with E-state index < -0.39 is 6.35 Å². The van der Waals surface area contributed by atoms with Crippen LogP contribution in [-0.4, -0.2) is 73.8 Å². The zero-order chi connectivity index (χ0) is 28.3. The Morgan fingerprint density at radius 2 is 1.80 bits per heavy atom. The highest BCUT2D eigenvalue weighted by atomic mass is 16.5. The van der Waals surface area contributed by atoms with Gasteiger partial charge in [-0.3, -0.25) is 4.79 Å². The SMILES string of the molecule is CCCCOc1nc(N)c2c(n1)N(Cc1ccc(OCCCCN3CCC(C(=O)OCC)CC3)cc1)C(OC)N2. The van der Waals surface area contributed by atoms with Gasteiger partial charge in [0, 0.05) is 13.7 Å². The Kier molecular flexibility index (Phi) is 11.1. The van der Waals surface area contributed by atoms with Crippen molar-refractivity contribution in [2.45, 2.75) is 65.3 Å². The predicted octanol–water partition coefficient (Wildman–Crippen LogP) is 4.03. The van der Waals surface area contributed by atoms with E-state index in [2.05, 4.69) is 39.2 Å². The van der Waals surface area contributed by atoms with E-state index in [4.69, 9.17) is 24.7 Å². The molecule has 11 nitrogen and oxygen atoms in total. The van der Waals surface area contributed by atoms with E-state index in [1.165, 1.54) is 0 Å². The van der Waals surface area contributed by atoms with Crippen LogP contribution in [-0.2, 0) is 20.8 Å². The van der Waals surface area contributed by atoms with Gasteiger partial charge in [-0.1, -0.05) is 25.5 Å². The number of esters is 1. The van der Waals surface area contributed by atoms with Gasteiger partial charge in [-0.2, -0.15) is 9.97 Å². The molecule has 4 rings (SSSR count). The van der Waals surface area contributed by atoms with Crippen molar-refractivity contribution in [2.24, 2.45) is 5.92 Å². The van der Waals surface area contributed by atoms with Crippen molar-refractivity contribution in [1.82, 2.24) is 14.9 Å². The monoisotopic (exact) mass is 556 g/mol. The van der Waals surface area contributed by atoms with E-state index in [1.807, 2.05) is 24.0 Å². The quantitative estimate of drug-likeness (QED) is 0.244. The fraction of sp³-hybridized carbons (Fsp3) is 0.621. The first-order valence-corrected chi connectivity index (χ1v) is 14.5. The van der Waals surface area contributed by atoms with Gasteiger partial charge in [0.1, 0.15) is 11.4 Å². The molecular weight excluding hydrogens is 512 g/mol. The number of nitrogens with two attached hydrogens (primary N) is 1. The number of anilines is 3. The van der Waals surface area contributed by atoms with Crippen LogP contribution >= 0.6 is 0 Å². The number of ether oxygens (including phenoxy) is 4. The van der Waals surface area contributed by atoms with Gasteiger partial charge in [-0.15, -0.1) is 0 Å². The number of nitrogens with zero attached hydrogens (tertiary/aromatic N) is 4. The zero-order valence-electron chi connectivity index (χ0n) is 24.1. The first kappa shape index (κ1) is 29.7. The maximum absolute atomic E-state index is 11.9. The second-order valence-electron chi connectivity index (χ2n) is 10.2. The largest absolute Gasteiger partial charge is 0.494 e. The Morgan fingerprint density at radius 1 is 1.05 bits per heavy atom. The van der Waals surface area contributed by atoms with Gasteiger partial charge in [0.15, 0.2) is 11.6 Å². The fourth-order valence-corrected chi connectivity index (χ4v) is 4.99. The Bertz CT molecular complexity index is 1080. The first-order valence-electron chi connectivity index (χ1n) is 14.5. The molecule has 0 saturated carbocycles. The number of hydrogen-bond acceptors (Lipinski definition) is 11. The van der Waals surface area contributed by atoms with E-state index >= 15 is 0 Å². The van der Waals surface area contributed by atoms with Crippen LogP contribution in [0.5, 0.6) is 11.8 Å². The summed E-state index contributed by atoms with van der Waals surface area (Å²) in [5.74, 6) is 1.87. The number of methoxy groups -OCH3 is 1. The number of fused-ring (bicyclic) bond motifs is 1. The number of carbonyl (C=O) groups is 1. The minimum Gasteiger partial charge on any atom is -0.494 e. The minimum absolute atomic E-state index is 0.0396. The van der Waals surface area contributed by atoms with E-state index in [0.29, 0.717) is 43.7 Å². The number of carbonyl (C=O) groups excluding carboxylic acids is 1. The molecule has 40 heavy (non-hydrogen) atoms. The lowest BCUT2D eigenvalue weighted by Crippen LogP contribution is -2.37. The minimum atomic E-state index is -0.413. The van der Waals surface area contributed by atoms with Crippen LogP contribution in [0.1, 0.15) is 57.9 Å². The van der Waals surface area contributed by atoms with E-state index in [1.54, 1.807) is 7.11 Å². The number of nitrogens with one attached hydrogen (secondary N) is 1. The third-order valence-electron chi connectivity index (χ3n) is 7.29. The molecule has 3 heterocycles. The highest BCUT2D eigenvalue weighted by Crippen LogP contribution is 2.39. The Hall–Kier alpha value is -3.31. The Labute approximate surface area is 237 Å². The summed E-state index contributed by atoms with van der Waals surface area (Å²) in [5, 5.41) is 3.25. The van der Waals surface area contributed by atoms with Gasteiger partial charge in [0.2, 0.25) is 6.35 Å².